The highest BCUT2D eigenvalue weighted by Crippen LogP contribution is 2.41. The first-order valence-electron chi connectivity index (χ1n) is 4.91. The first-order chi connectivity index (χ1) is 6.34. The number of rotatable bonds is 2. The molecule has 1 saturated heterocycles. The quantitative estimate of drug-likeness (QED) is 0.688. The summed E-state index contributed by atoms with van der Waals surface area (Å²) < 4.78 is 11.3. The summed E-state index contributed by atoms with van der Waals surface area (Å²) in [4.78, 5) is 0. The van der Waals surface area contributed by atoms with E-state index in [-0.39, 0.29) is 18.6 Å². The van der Waals surface area contributed by atoms with Gasteiger partial charge >= 0.3 is 0 Å². The van der Waals surface area contributed by atoms with Crippen molar-refractivity contribution < 1.29 is 19.7 Å². The molecule has 0 bridgehead atoms. The second-order valence-corrected chi connectivity index (χ2v) is 4.87. The lowest BCUT2D eigenvalue weighted by Gasteiger charge is -2.36. The predicted molar refractivity (Wildman–Crippen MR) is 51.8 cm³/mol. The minimum atomic E-state index is -0.742. The van der Waals surface area contributed by atoms with Crippen molar-refractivity contribution in [3.63, 3.8) is 0 Å². The van der Waals surface area contributed by atoms with Gasteiger partial charge in [0.1, 0.15) is 12.2 Å². The van der Waals surface area contributed by atoms with Crippen molar-refractivity contribution in [1.29, 1.82) is 0 Å². The summed E-state index contributed by atoms with van der Waals surface area (Å²) in [6, 6.07) is 0. The first kappa shape index (κ1) is 11.9. The summed E-state index contributed by atoms with van der Waals surface area (Å²) >= 11 is 0. The zero-order valence-electron chi connectivity index (χ0n) is 9.28. The van der Waals surface area contributed by atoms with E-state index < -0.39 is 18.0 Å². The van der Waals surface area contributed by atoms with Crippen LogP contribution in [0.5, 0.6) is 0 Å². The first-order valence-corrected chi connectivity index (χ1v) is 4.91. The summed E-state index contributed by atoms with van der Waals surface area (Å²) in [5.74, 6) is -0.742. The van der Waals surface area contributed by atoms with E-state index in [1.54, 1.807) is 0 Å². The van der Waals surface area contributed by atoms with E-state index in [2.05, 4.69) is 0 Å². The van der Waals surface area contributed by atoms with Crippen LogP contribution in [0.2, 0.25) is 0 Å². The average molecular weight is 204 g/mol. The van der Waals surface area contributed by atoms with E-state index in [1.165, 1.54) is 0 Å². The molecule has 1 rings (SSSR count). The third-order valence-electron chi connectivity index (χ3n) is 2.89. The molecule has 1 aliphatic heterocycles. The summed E-state index contributed by atoms with van der Waals surface area (Å²) in [5.41, 5.74) is -0.190. The summed E-state index contributed by atoms with van der Waals surface area (Å²) in [6.45, 7) is 7.59. The van der Waals surface area contributed by atoms with Crippen LogP contribution in [0.1, 0.15) is 27.7 Å². The Morgan fingerprint density at radius 2 is 1.43 bits per heavy atom. The van der Waals surface area contributed by atoms with Crippen molar-refractivity contribution >= 4 is 0 Å². The maximum absolute atomic E-state index is 9.05. The minimum Gasteiger partial charge on any atom is -0.394 e. The molecule has 0 spiro atoms. The van der Waals surface area contributed by atoms with Crippen molar-refractivity contribution in [3.8, 4) is 0 Å². The van der Waals surface area contributed by atoms with Gasteiger partial charge in [-0.1, -0.05) is 20.8 Å². The fourth-order valence-electron chi connectivity index (χ4n) is 1.42. The van der Waals surface area contributed by atoms with Crippen LogP contribution in [0.3, 0.4) is 0 Å². The molecule has 0 aromatic rings. The van der Waals surface area contributed by atoms with Crippen LogP contribution < -0.4 is 0 Å². The molecule has 4 heteroatoms. The van der Waals surface area contributed by atoms with Crippen LogP contribution in [-0.2, 0) is 9.47 Å². The van der Waals surface area contributed by atoms with E-state index in [1.807, 2.05) is 27.7 Å². The molecular weight excluding hydrogens is 184 g/mol. The molecule has 1 aliphatic rings. The zero-order chi connectivity index (χ0) is 11.0. The molecule has 1 heterocycles. The van der Waals surface area contributed by atoms with Gasteiger partial charge in [-0.3, -0.25) is 0 Å². The van der Waals surface area contributed by atoms with Gasteiger partial charge in [-0.25, -0.2) is 0 Å². The van der Waals surface area contributed by atoms with Gasteiger partial charge in [-0.2, -0.15) is 0 Å². The molecule has 0 saturated carbocycles. The highest BCUT2D eigenvalue weighted by molar-refractivity contribution is 4.90. The van der Waals surface area contributed by atoms with Crippen molar-refractivity contribution in [2.45, 2.75) is 45.7 Å². The molecule has 2 N–H and O–H groups in total. The van der Waals surface area contributed by atoms with Gasteiger partial charge in [0, 0.05) is 5.41 Å². The molecular formula is C10H20O4. The number of hydrogen-bond acceptors (Lipinski definition) is 4. The number of aliphatic hydroxyl groups excluding tert-OH is 2. The lowest BCUT2D eigenvalue weighted by atomic mass is 9.87. The molecule has 1 fully saturated rings. The van der Waals surface area contributed by atoms with Gasteiger partial charge < -0.3 is 19.7 Å². The zero-order valence-corrected chi connectivity index (χ0v) is 9.28. The average Bonchev–Trinajstić information content (AvgIpc) is 2.42. The van der Waals surface area contributed by atoms with Gasteiger partial charge in [-0.05, 0) is 6.92 Å². The van der Waals surface area contributed by atoms with E-state index in [4.69, 9.17) is 19.7 Å². The highest BCUT2D eigenvalue weighted by atomic mass is 16.8. The molecule has 14 heavy (non-hydrogen) atoms. The van der Waals surface area contributed by atoms with Crippen LogP contribution in [0, 0.1) is 5.41 Å². The van der Waals surface area contributed by atoms with Crippen molar-refractivity contribution in [2.75, 3.05) is 13.2 Å². The molecule has 0 aliphatic carbocycles. The Balaban J connectivity index is 2.78. The van der Waals surface area contributed by atoms with E-state index >= 15 is 0 Å². The maximum Gasteiger partial charge on any atom is 0.171 e. The van der Waals surface area contributed by atoms with Crippen LogP contribution in [0.15, 0.2) is 0 Å². The monoisotopic (exact) mass is 204 g/mol. The molecule has 2 atom stereocenters. The SMILES string of the molecule is CC(C)(C)C1(C)O[C@H](CO)[C@@H](CO)O1. The summed E-state index contributed by atoms with van der Waals surface area (Å²) in [6.07, 6.45) is -0.853. The fourth-order valence-corrected chi connectivity index (χ4v) is 1.42. The smallest absolute Gasteiger partial charge is 0.171 e. The van der Waals surface area contributed by atoms with Gasteiger partial charge in [-0.15, -0.1) is 0 Å². The van der Waals surface area contributed by atoms with E-state index in [0.29, 0.717) is 0 Å². The Morgan fingerprint density at radius 3 is 1.64 bits per heavy atom. The van der Waals surface area contributed by atoms with Gasteiger partial charge in [0.2, 0.25) is 0 Å². The predicted octanol–water partition coefficient (Wildman–Crippen LogP) is 0.517. The Kier molecular flexibility index (Phi) is 3.21. The Morgan fingerprint density at radius 1 is 1.07 bits per heavy atom. The van der Waals surface area contributed by atoms with Crippen molar-refractivity contribution in [3.05, 3.63) is 0 Å². The van der Waals surface area contributed by atoms with Crippen molar-refractivity contribution in [2.24, 2.45) is 5.41 Å². The molecule has 0 unspecified atom stereocenters. The largest absolute Gasteiger partial charge is 0.394 e. The molecule has 0 aromatic carbocycles. The molecule has 0 aromatic heterocycles. The van der Waals surface area contributed by atoms with Crippen LogP contribution in [0.25, 0.3) is 0 Å². The van der Waals surface area contributed by atoms with E-state index in [9.17, 15) is 0 Å². The minimum absolute atomic E-state index is 0.128. The Hall–Kier alpha value is -0.160. The second kappa shape index (κ2) is 3.77. The lowest BCUT2D eigenvalue weighted by Crippen LogP contribution is -2.41. The van der Waals surface area contributed by atoms with Crippen LogP contribution in [0.4, 0.5) is 0 Å². The van der Waals surface area contributed by atoms with Gasteiger partial charge in [0.15, 0.2) is 5.79 Å². The summed E-state index contributed by atoms with van der Waals surface area (Å²) in [5, 5.41) is 18.1. The van der Waals surface area contributed by atoms with E-state index in [0.717, 1.165) is 0 Å². The number of ether oxygens (including phenoxy) is 2. The normalized spacial score (nSPS) is 32.1. The third kappa shape index (κ3) is 1.93. The molecule has 0 amide bonds. The van der Waals surface area contributed by atoms with Crippen LogP contribution in [-0.4, -0.2) is 41.4 Å². The second-order valence-electron chi connectivity index (χ2n) is 4.87. The Labute approximate surface area is 84.8 Å². The van der Waals surface area contributed by atoms with Crippen LogP contribution >= 0.6 is 0 Å². The Bertz CT molecular complexity index is 185. The summed E-state index contributed by atoms with van der Waals surface area (Å²) in [7, 11) is 0. The topological polar surface area (TPSA) is 58.9 Å². The third-order valence-corrected chi connectivity index (χ3v) is 2.89. The van der Waals surface area contributed by atoms with Gasteiger partial charge in [0.05, 0.1) is 13.2 Å². The number of aliphatic hydroxyl groups is 2. The highest BCUT2D eigenvalue weighted by Gasteiger charge is 2.50. The molecule has 84 valence electrons. The van der Waals surface area contributed by atoms with Crippen molar-refractivity contribution in [1.82, 2.24) is 0 Å². The van der Waals surface area contributed by atoms with Gasteiger partial charge in [0.25, 0.3) is 0 Å². The maximum atomic E-state index is 9.05. The molecule has 4 nitrogen and oxygen atoms in total. The standard InChI is InChI=1S/C10H20O4/c1-9(2,3)10(4)13-7(5-11)8(6-12)14-10/h7-8,11-12H,5-6H2,1-4H3/t7-,8-/m1/s1. The molecule has 0 radical (unpaired) electrons. The number of hydrogen-bond donors (Lipinski definition) is 2. The lowest BCUT2D eigenvalue weighted by molar-refractivity contribution is -0.227. The fraction of sp³-hybridized carbons (Fsp3) is 1.00.